The van der Waals surface area contributed by atoms with Crippen LogP contribution in [0.4, 0.5) is 5.69 Å². The van der Waals surface area contributed by atoms with Gasteiger partial charge in [-0.05, 0) is 25.0 Å². The van der Waals surface area contributed by atoms with E-state index >= 15 is 0 Å². The van der Waals surface area contributed by atoms with Crippen molar-refractivity contribution in [2.24, 2.45) is 0 Å². The van der Waals surface area contributed by atoms with Gasteiger partial charge in [0.15, 0.2) is 5.69 Å². The number of nitrogens with one attached hydrogen (secondary N) is 2. The molecule has 0 saturated heterocycles. The van der Waals surface area contributed by atoms with Gasteiger partial charge in [-0.15, -0.1) is 0 Å². The standard InChI is InChI=1S/C14H17BrN4O/c1-3-11-12(16)13(19-18-11)14(20)17-8(2)9-6-4-5-7-10(9)15/h4-8H,3,16H2,1-2H3,(H,17,20)(H,18,19). The zero-order valence-corrected chi connectivity index (χ0v) is 13.0. The quantitative estimate of drug-likeness (QED) is 0.802. The van der Waals surface area contributed by atoms with Crippen LogP contribution in [-0.4, -0.2) is 16.1 Å². The second-order valence-corrected chi connectivity index (χ2v) is 5.39. The molecule has 0 aliphatic carbocycles. The Morgan fingerprint density at radius 3 is 2.80 bits per heavy atom. The molecule has 0 aliphatic heterocycles. The summed E-state index contributed by atoms with van der Waals surface area (Å²) in [6, 6.07) is 7.62. The van der Waals surface area contributed by atoms with E-state index in [0.29, 0.717) is 12.1 Å². The second-order valence-electron chi connectivity index (χ2n) is 4.53. The summed E-state index contributed by atoms with van der Waals surface area (Å²) in [6.45, 7) is 3.87. The number of aromatic amines is 1. The van der Waals surface area contributed by atoms with Crippen LogP contribution in [-0.2, 0) is 6.42 Å². The largest absolute Gasteiger partial charge is 0.395 e. The van der Waals surface area contributed by atoms with Gasteiger partial charge < -0.3 is 11.1 Å². The topological polar surface area (TPSA) is 83.8 Å². The molecular formula is C14H17BrN4O. The van der Waals surface area contributed by atoms with Crippen LogP contribution < -0.4 is 11.1 Å². The summed E-state index contributed by atoms with van der Waals surface area (Å²) in [5.41, 5.74) is 8.35. The molecule has 0 fully saturated rings. The summed E-state index contributed by atoms with van der Waals surface area (Å²) < 4.78 is 0.956. The predicted octanol–water partition coefficient (Wildman–Crippen LogP) is 2.81. The summed E-state index contributed by atoms with van der Waals surface area (Å²) in [7, 11) is 0. The van der Waals surface area contributed by atoms with Gasteiger partial charge in [-0.2, -0.15) is 5.10 Å². The highest BCUT2D eigenvalue weighted by Gasteiger charge is 2.19. The highest BCUT2D eigenvalue weighted by atomic mass is 79.9. The number of anilines is 1. The Labute approximate surface area is 126 Å². The van der Waals surface area contributed by atoms with Crippen molar-refractivity contribution in [3.63, 3.8) is 0 Å². The Morgan fingerprint density at radius 2 is 2.20 bits per heavy atom. The van der Waals surface area contributed by atoms with Crippen LogP contribution in [0.1, 0.15) is 41.6 Å². The molecule has 4 N–H and O–H groups in total. The number of carbonyl (C=O) groups excluding carboxylic acids is 1. The lowest BCUT2D eigenvalue weighted by Crippen LogP contribution is -2.27. The smallest absolute Gasteiger partial charge is 0.274 e. The van der Waals surface area contributed by atoms with E-state index in [1.165, 1.54) is 0 Å². The molecule has 0 saturated carbocycles. The van der Waals surface area contributed by atoms with E-state index in [1.54, 1.807) is 0 Å². The van der Waals surface area contributed by atoms with Gasteiger partial charge >= 0.3 is 0 Å². The van der Waals surface area contributed by atoms with Crippen molar-refractivity contribution in [2.75, 3.05) is 5.73 Å². The molecule has 106 valence electrons. The lowest BCUT2D eigenvalue weighted by atomic mass is 10.1. The summed E-state index contributed by atoms with van der Waals surface area (Å²) in [4.78, 5) is 12.2. The van der Waals surface area contributed by atoms with Crippen LogP contribution in [0.2, 0.25) is 0 Å². The highest BCUT2D eigenvalue weighted by Crippen LogP contribution is 2.23. The van der Waals surface area contributed by atoms with Crippen LogP contribution in [0.3, 0.4) is 0 Å². The van der Waals surface area contributed by atoms with E-state index < -0.39 is 0 Å². The molecule has 1 aromatic heterocycles. The maximum absolute atomic E-state index is 12.2. The van der Waals surface area contributed by atoms with E-state index in [0.717, 1.165) is 15.7 Å². The van der Waals surface area contributed by atoms with E-state index in [-0.39, 0.29) is 17.6 Å². The molecule has 1 unspecified atom stereocenters. The first-order valence-corrected chi connectivity index (χ1v) is 7.21. The minimum atomic E-state index is -0.276. The maximum Gasteiger partial charge on any atom is 0.274 e. The van der Waals surface area contributed by atoms with Crippen molar-refractivity contribution in [2.45, 2.75) is 26.3 Å². The number of rotatable bonds is 4. The summed E-state index contributed by atoms with van der Waals surface area (Å²) in [5, 5.41) is 9.67. The fourth-order valence-corrected chi connectivity index (χ4v) is 2.63. The molecule has 5 nitrogen and oxygen atoms in total. The van der Waals surface area contributed by atoms with Gasteiger partial charge in [0.1, 0.15) is 0 Å². The molecule has 2 aromatic rings. The number of hydrogen-bond acceptors (Lipinski definition) is 3. The second kappa shape index (κ2) is 6.09. The molecule has 1 amide bonds. The zero-order chi connectivity index (χ0) is 14.7. The Morgan fingerprint density at radius 1 is 1.50 bits per heavy atom. The Kier molecular flexibility index (Phi) is 4.44. The third-order valence-corrected chi connectivity index (χ3v) is 3.89. The summed E-state index contributed by atoms with van der Waals surface area (Å²) in [5.74, 6) is -0.276. The van der Waals surface area contributed by atoms with Crippen molar-refractivity contribution < 1.29 is 4.79 Å². The molecule has 1 aromatic carbocycles. The first-order chi connectivity index (χ1) is 9.54. The van der Waals surface area contributed by atoms with E-state index in [4.69, 9.17) is 5.73 Å². The summed E-state index contributed by atoms with van der Waals surface area (Å²) >= 11 is 3.48. The SMILES string of the molecule is CCc1[nH]nc(C(=O)NC(C)c2ccccc2Br)c1N. The van der Waals surface area contributed by atoms with Gasteiger partial charge in [-0.1, -0.05) is 41.1 Å². The first kappa shape index (κ1) is 14.6. The fraction of sp³-hybridized carbons (Fsp3) is 0.286. The number of benzene rings is 1. The van der Waals surface area contributed by atoms with Crippen LogP contribution in [0, 0.1) is 0 Å². The zero-order valence-electron chi connectivity index (χ0n) is 11.4. The molecule has 0 bridgehead atoms. The highest BCUT2D eigenvalue weighted by molar-refractivity contribution is 9.10. The Bertz CT molecular complexity index is 623. The van der Waals surface area contributed by atoms with Crippen molar-refractivity contribution >= 4 is 27.5 Å². The molecule has 6 heteroatoms. The van der Waals surface area contributed by atoms with Crippen molar-refractivity contribution in [1.29, 1.82) is 0 Å². The minimum Gasteiger partial charge on any atom is -0.395 e. The average molecular weight is 337 g/mol. The molecule has 1 heterocycles. The molecule has 0 radical (unpaired) electrons. The molecule has 0 aliphatic rings. The lowest BCUT2D eigenvalue weighted by Gasteiger charge is -2.15. The third kappa shape index (κ3) is 2.85. The number of hydrogen-bond donors (Lipinski definition) is 3. The van der Waals surface area contributed by atoms with E-state index in [1.807, 2.05) is 38.1 Å². The molecule has 0 spiro atoms. The van der Waals surface area contributed by atoms with Crippen molar-refractivity contribution in [1.82, 2.24) is 15.5 Å². The Hall–Kier alpha value is -1.82. The summed E-state index contributed by atoms with van der Waals surface area (Å²) in [6.07, 6.45) is 0.714. The number of H-pyrrole nitrogens is 1. The van der Waals surface area contributed by atoms with Gasteiger partial charge in [0.25, 0.3) is 5.91 Å². The van der Waals surface area contributed by atoms with Crippen molar-refractivity contribution in [3.8, 4) is 0 Å². The fourth-order valence-electron chi connectivity index (χ4n) is 2.00. The first-order valence-electron chi connectivity index (χ1n) is 6.42. The predicted molar refractivity (Wildman–Crippen MR) is 82.4 cm³/mol. The molecule has 2 rings (SSSR count). The normalized spacial score (nSPS) is 12.2. The maximum atomic E-state index is 12.2. The van der Waals surface area contributed by atoms with Gasteiger partial charge in [-0.3, -0.25) is 9.89 Å². The van der Waals surface area contributed by atoms with Crippen LogP contribution in [0.5, 0.6) is 0 Å². The number of aromatic nitrogens is 2. The molecule has 1 atom stereocenters. The number of carbonyl (C=O) groups is 1. The monoisotopic (exact) mass is 336 g/mol. The van der Waals surface area contributed by atoms with Gasteiger partial charge in [0, 0.05) is 4.47 Å². The lowest BCUT2D eigenvalue weighted by molar-refractivity contribution is 0.0935. The van der Waals surface area contributed by atoms with Crippen LogP contribution in [0.15, 0.2) is 28.7 Å². The third-order valence-electron chi connectivity index (χ3n) is 3.17. The van der Waals surface area contributed by atoms with Crippen LogP contribution >= 0.6 is 15.9 Å². The Balaban J connectivity index is 2.15. The number of halogens is 1. The number of nitrogens with zero attached hydrogens (tertiary/aromatic N) is 1. The van der Waals surface area contributed by atoms with Gasteiger partial charge in [0.2, 0.25) is 0 Å². The van der Waals surface area contributed by atoms with Crippen LogP contribution in [0.25, 0.3) is 0 Å². The number of amides is 1. The van der Waals surface area contributed by atoms with Gasteiger partial charge in [-0.25, -0.2) is 0 Å². The van der Waals surface area contributed by atoms with E-state index in [9.17, 15) is 4.79 Å². The van der Waals surface area contributed by atoms with Crippen molar-refractivity contribution in [3.05, 3.63) is 45.7 Å². The molecular weight excluding hydrogens is 320 g/mol. The number of nitrogen functional groups attached to an aromatic ring is 1. The number of aryl methyl sites for hydroxylation is 1. The minimum absolute atomic E-state index is 0.140. The average Bonchev–Trinajstić information content (AvgIpc) is 2.80. The number of nitrogens with two attached hydrogens (primary N) is 1. The van der Waals surface area contributed by atoms with Gasteiger partial charge in [0.05, 0.1) is 17.4 Å². The van der Waals surface area contributed by atoms with E-state index in [2.05, 4.69) is 31.4 Å². The molecule has 20 heavy (non-hydrogen) atoms.